The highest BCUT2D eigenvalue weighted by Crippen LogP contribution is 2.43. The highest BCUT2D eigenvalue weighted by atomic mass is 35.5. The van der Waals surface area contributed by atoms with Crippen molar-refractivity contribution in [3.63, 3.8) is 0 Å². The molecule has 5 aromatic carbocycles. The SMILES string of the molecule is O=C(C1=C(C(=O)c2ccccc2)N(c2ccc(Cl)cc2)N(c2ccc(Cl)cc2)/C1=C\c1ccccc1)c1ccccc1. The van der Waals surface area contributed by atoms with Gasteiger partial charge in [-0.2, -0.15) is 0 Å². The van der Waals surface area contributed by atoms with E-state index in [1.54, 1.807) is 53.5 Å². The number of nitrogens with zero attached hydrogens (tertiary/aromatic N) is 2. The van der Waals surface area contributed by atoms with Crippen molar-refractivity contribution in [2.45, 2.75) is 0 Å². The van der Waals surface area contributed by atoms with Gasteiger partial charge < -0.3 is 0 Å². The summed E-state index contributed by atoms with van der Waals surface area (Å²) in [4.78, 5) is 29.0. The molecule has 1 aliphatic heterocycles. The number of hydrogen-bond acceptors (Lipinski definition) is 4. The van der Waals surface area contributed by atoms with E-state index >= 15 is 0 Å². The Balaban J connectivity index is 1.70. The highest BCUT2D eigenvalue weighted by Gasteiger charge is 2.43. The Labute approximate surface area is 254 Å². The molecule has 0 bridgehead atoms. The second kappa shape index (κ2) is 11.9. The number of halogens is 2. The maximum absolute atomic E-state index is 14.5. The minimum absolute atomic E-state index is 0.231. The topological polar surface area (TPSA) is 40.6 Å². The minimum atomic E-state index is -0.291. The van der Waals surface area contributed by atoms with E-state index in [0.29, 0.717) is 38.2 Å². The molecule has 1 heterocycles. The summed E-state index contributed by atoms with van der Waals surface area (Å²) in [6, 6.07) is 42.2. The number of rotatable bonds is 7. The number of hydrazine groups is 1. The standard InChI is InChI=1S/C36H24Cl2N2O2/c37-28-16-20-30(21-17-28)39-32(24-25-10-4-1-5-11-25)33(35(41)26-12-6-2-7-13-26)34(36(42)27-14-8-3-9-15-27)40(39)31-22-18-29(38)19-23-31/h1-24H/b32-24-. The Morgan fingerprint density at radius 2 is 0.929 bits per heavy atom. The smallest absolute Gasteiger partial charge is 0.212 e. The molecule has 0 amide bonds. The first-order valence-corrected chi connectivity index (χ1v) is 14.1. The van der Waals surface area contributed by atoms with Crippen LogP contribution in [0.25, 0.3) is 6.08 Å². The van der Waals surface area contributed by atoms with Gasteiger partial charge in [0.2, 0.25) is 5.78 Å². The van der Waals surface area contributed by atoms with Gasteiger partial charge in [-0.25, -0.2) is 10.0 Å². The van der Waals surface area contributed by atoms with Gasteiger partial charge in [0.05, 0.1) is 22.6 Å². The number of anilines is 2. The fourth-order valence-corrected chi connectivity index (χ4v) is 5.19. The van der Waals surface area contributed by atoms with Gasteiger partial charge >= 0.3 is 0 Å². The van der Waals surface area contributed by atoms with Gasteiger partial charge in [-0.05, 0) is 60.2 Å². The van der Waals surface area contributed by atoms with Crippen LogP contribution in [0.5, 0.6) is 0 Å². The molecule has 0 unspecified atom stereocenters. The maximum Gasteiger partial charge on any atom is 0.212 e. The molecular weight excluding hydrogens is 563 g/mol. The average molecular weight is 588 g/mol. The van der Waals surface area contributed by atoms with Crippen LogP contribution in [-0.4, -0.2) is 11.6 Å². The first kappa shape index (κ1) is 27.3. The number of allylic oxidation sites excluding steroid dienone is 2. The molecule has 42 heavy (non-hydrogen) atoms. The highest BCUT2D eigenvalue weighted by molar-refractivity contribution is 6.31. The normalized spacial score (nSPS) is 14.0. The molecule has 0 spiro atoms. The number of carbonyl (C=O) groups excluding carboxylic acids is 2. The third-order valence-corrected chi connectivity index (χ3v) is 7.40. The van der Waals surface area contributed by atoms with Gasteiger partial charge in [-0.1, -0.05) is 114 Å². The van der Waals surface area contributed by atoms with E-state index in [0.717, 1.165) is 5.56 Å². The van der Waals surface area contributed by atoms with Crippen molar-refractivity contribution < 1.29 is 9.59 Å². The number of Topliss-reactive ketones (excluding diaryl/α,β-unsaturated/α-hetero) is 2. The third-order valence-electron chi connectivity index (χ3n) is 6.89. The molecular formula is C36H24Cl2N2O2. The molecule has 0 aliphatic carbocycles. The van der Waals surface area contributed by atoms with E-state index in [2.05, 4.69) is 0 Å². The minimum Gasteiger partial charge on any atom is -0.288 e. The number of hydrogen-bond donors (Lipinski definition) is 0. The van der Waals surface area contributed by atoms with Crippen LogP contribution >= 0.6 is 23.2 Å². The molecule has 0 aromatic heterocycles. The molecule has 5 aromatic rings. The van der Waals surface area contributed by atoms with E-state index in [4.69, 9.17) is 23.2 Å². The summed E-state index contributed by atoms with van der Waals surface area (Å²) in [6.45, 7) is 0. The molecule has 0 fully saturated rings. The van der Waals surface area contributed by atoms with E-state index in [9.17, 15) is 9.59 Å². The second-order valence-corrected chi connectivity index (χ2v) is 10.5. The maximum atomic E-state index is 14.5. The summed E-state index contributed by atoms with van der Waals surface area (Å²) in [6.07, 6.45) is 1.93. The van der Waals surface area contributed by atoms with Crippen molar-refractivity contribution in [2.24, 2.45) is 0 Å². The molecule has 0 N–H and O–H groups in total. The van der Waals surface area contributed by atoms with Gasteiger partial charge in [-0.15, -0.1) is 0 Å². The van der Waals surface area contributed by atoms with Crippen molar-refractivity contribution in [1.29, 1.82) is 0 Å². The molecule has 0 radical (unpaired) electrons. The summed E-state index contributed by atoms with van der Waals surface area (Å²) < 4.78 is 0. The van der Waals surface area contributed by atoms with Crippen molar-refractivity contribution in [2.75, 3.05) is 10.0 Å². The molecule has 0 atom stereocenters. The Morgan fingerprint density at radius 1 is 0.500 bits per heavy atom. The summed E-state index contributed by atoms with van der Waals surface area (Å²) in [5.41, 5.74) is 4.23. The molecule has 6 rings (SSSR count). The van der Waals surface area contributed by atoms with Gasteiger partial charge in [0.15, 0.2) is 5.78 Å². The lowest BCUT2D eigenvalue weighted by Gasteiger charge is -2.34. The lowest BCUT2D eigenvalue weighted by atomic mass is 9.95. The Bertz CT molecular complexity index is 1800. The zero-order valence-electron chi connectivity index (χ0n) is 22.3. The predicted octanol–water partition coefficient (Wildman–Crippen LogP) is 9.30. The first-order chi connectivity index (χ1) is 20.5. The van der Waals surface area contributed by atoms with E-state index in [1.165, 1.54) is 0 Å². The number of benzene rings is 5. The zero-order valence-corrected chi connectivity index (χ0v) is 23.8. The van der Waals surface area contributed by atoms with Gasteiger partial charge in [0.25, 0.3) is 0 Å². The van der Waals surface area contributed by atoms with Gasteiger partial charge in [-0.3, -0.25) is 9.59 Å². The zero-order chi connectivity index (χ0) is 29.1. The average Bonchev–Trinajstić information content (AvgIpc) is 3.36. The Kier molecular flexibility index (Phi) is 7.74. The molecule has 1 aliphatic rings. The fraction of sp³-hybridized carbons (Fsp3) is 0. The summed E-state index contributed by atoms with van der Waals surface area (Å²) in [7, 11) is 0. The largest absolute Gasteiger partial charge is 0.288 e. The number of carbonyl (C=O) groups is 2. The molecule has 0 saturated carbocycles. The Morgan fingerprint density at radius 3 is 1.43 bits per heavy atom. The van der Waals surface area contributed by atoms with Crippen LogP contribution in [0, 0.1) is 0 Å². The molecule has 0 saturated heterocycles. The van der Waals surface area contributed by atoms with Crippen LogP contribution in [0.4, 0.5) is 11.4 Å². The van der Waals surface area contributed by atoms with Crippen LogP contribution in [0.3, 0.4) is 0 Å². The Hall–Kier alpha value is -4.90. The second-order valence-electron chi connectivity index (χ2n) is 9.63. The summed E-state index contributed by atoms with van der Waals surface area (Å²) in [5, 5.41) is 4.80. The van der Waals surface area contributed by atoms with Crippen LogP contribution in [0.1, 0.15) is 26.3 Å². The van der Waals surface area contributed by atoms with Crippen molar-refractivity contribution in [3.8, 4) is 0 Å². The summed E-state index contributed by atoms with van der Waals surface area (Å²) >= 11 is 12.6. The molecule has 204 valence electrons. The van der Waals surface area contributed by atoms with Crippen molar-refractivity contribution in [3.05, 3.63) is 183 Å². The number of ketones is 2. The van der Waals surface area contributed by atoms with Gasteiger partial charge in [0.1, 0.15) is 5.70 Å². The first-order valence-electron chi connectivity index (χ1n) is 13.3. The van der Waals surface area contributed by atoms with Crippen LogP contribution < -0.4 is 10.0 Å². The van der Waals surface area contributed by atoms with Crippen molar-refractivity contribution >= 4 is 52.2 Å². The third kappa shape index (κ3) is 5.38. The van der Waals surface area contributed by atoms with E-state index in [-0.39, 0.29) is 22.8 Å². The molecule has 6 heteroatoms. The quantitative estimate of drug-likeness (QED) is 0.178. The monoisotopic (exact) mass is 586 g/mol. The molecule has 4 nitrogen and oxygen atoms in total. The lowest BCUT2D eigenvalue weighted by Crippen LogP contribution is -2.38. The van der Waals surface area contributed by atoms with E-state index < -0.39 is 0 Å². The van der Waals surface area contributed by atoms with Crippen LogP contribution in [-0.2, 0) is 0 Å². The summed E-state index contributed by atoms with van der Waals surface area (Å²) in [5.74, 6) is -0.562. The fourth-order valence-electron chi connectivity index (χ4n) is 4.94. The van der Waals surface area contributed by atoms with Gasteiger partial charge in [0, 0.05) is 21.2 Å². The lowest BCUT2D eigenvalue weighted by molar-refractivity contribution is 0.100. The van der Waals surface area contributed by atoms with Crippen LogP contribution in [0.15, 0.2) is 156 Å². The predicted molar refractivity (Wildman–Crippen MR) is 171 cm³/mol. The van der Waals surface area contributed by atoms with Crippen molar-refractivity contribution in [1.82, 2.24) is 0 Å². The van der Waals surface area contributed by atoms with E-state index in [1.807, 2.05) is 102 Å². The van der Waals surface area contributed by atoms with Crippen LogP contribution in [0.2, 0.25) is 10.0 Å².